The number of nitro benzene ring substituents is 1. The zero-order chi connectivity index (χ0) is 24.9. The van der Waals surface area contributed by atoms with Gasteiger partial charge in [-0.15, -0.1) is 0 Å². The summed E-state index contributed by atoms with van der Waals surface area (Å²) >= 11 is 5.96. The highest BCUT2D eigenvalue weighted by Crippen LogP contribution is 2.34. The Morgan fingerprint density at radius 1 is 1.12 bits per heavy atom. The number of nitrogens with one attached hydrogen (secondary N) is 1. The number of hydrogen-bond acceptors (Lipinski definition) is 9. The Labute approximate surface area is 194 Å². The van der Waals surface area contributed by atoms with Crippen LogP contribution >= 0.6 is 11.6 Å². The SMILES string of the molecule is COc1cc(C(=O)OCC(=O)Nc2ccc(Cl)c(S(=O)(=O)N(C)C)c2)c([N+](=O)[O-])cc1OC. The maximum Gasteiger partial charge on any atom is 0.345 e. The summed E-state index contributed by atoms with van der Waals surface area (Å²) in [6.07, 6.45) is 0. The number of esters is 1. The fourth-order valence-electron chi connectivity index (χ4n) is 2.56. The molecule has 0 unspecified atom stereocenters. The molecule has 0 atom stereocenters. The van der Waals surface area contributed by atoms with Crippen molar-refractivity contribution in [2.75, 3.05) is 40.2 Å². The molecule has 33 heavy (non-hydrogen) atoms. The van der Waals surface area contributed by atoms with Crippen molar-refractivity contribution in [2.24, 2.45) is 0 Å². The molecule has 0 fully saturated rings. The molecule has 0 spiro atoms. The number of carbonyl (C=O) groups is 2. The number of hydrogen-bond donors (Lipinski definition) is 1. The molecule has 178 valence electrons. The highest BCUT2D eigenvalue weighted by atomic mass is 35.5. The second-order valence-electron chi connectivity index (χ2n) is 6.54. The lowest BCUT2D eigenvalue weighted by molar-refractivity contribution is -0.385. The van der Waals surface area contributed by atoms with Crippen molar-refractivity contribution in [3.63, 3.8) is 0 Å². The summed E-state index contributed by atoms with van der Waals surface area (Å²) in [7, 11) is 1.33. The minimum absolute atomic E-state index is 0.0321. The maximum atomic E-state index is 12.4. The fourth-order valence-corrected chi connectivity index (χ4v) is 3.96. The number of nitro groups is 1. The van der Waals surface area contributed by atoms with Gasteiger partial charge in [0, 0.05) is 25.8 Å². The Morgan fingerprint density at radius 2 is 1.73 bits per heavy atom. The number of rotatable bonds is 9. The third-order valence-corrected chi connectivity index (χ3v) is 6.52. The average molecular weight is 502 g/mol. The zero-order valence-electron chi connectivity index (χ0n) is 17.9. The van der Waals surface area contributed by atoms with Gasteiger partial charge in [0.25, 0.3) is 11.6 Å². The number of carbonyl (C=O) groups excluding carboxylic acids is 2. The zero-order valence-corrected chi connectivity index (χ0v) is 19.5. The lowest BCUT2D eigenvalue weighted by Gasteiger charge is -2.14. The average Bonchev–Trinajstić information content (AvgIpc) is 2.77. The van der Waals surface area contributed by atoms with Crippen molar-refractivity contribution < 1.29 is 37.1 Å². The van der Waals surface area contributed by atoms with Crippen LogP contribution in [0.1, 0.15) is 10.4 Å². The van der Waals surface area contributed by atoms with E-state index in [2.05, 4.69) is 5.32 Å². The third-order valence-electron chi connectivity index (χ3n) is 4.23. The van der Waals surface area contributed by atoms with E-state index >= 15 is 0 Å². The molecular formula is C19H20ClN3O9S. The second-order valence-corrected chi connectivity index (χ2v) is 9.07. The van der Waals surface area contributed by atoms with E-state index in [1.165, 1.54) is 40.4 Å². The first-order chi connectivity index (χ1) is 15.4. The minimum Gasteiger partial charge on any atom is -0.493 e. The molecule has 0 heterocycles. The number of halogens is 1. The van der Waals surface area contributed by atoms with Crippen LogP contribution in [0.15, 0.2) is 35.2 Å². The van der Waals surface area contributed by atoms with Crippen LogP contribution in [0, 0.1) is 10.1 Å². The van der Waals surface area contributed by atoms with Crippen molar-refractivity contribution in [1.82, 2.24) is 4.31 Å². The molecule has 0 aliphatic rings. The molecule has 12 nitrogen and oxygen atoms in total. The Hall–Kier alpha value is -3.42. The molecule has 0 radical (unpaired) electrons. The number of amides is 1. The lowest BCUT2D eigenvalue weighted by Crippen LogP contribution is -2.24. The molecule has 0 saturated heterocycles. The van der Waals surface area contributed by atoms with Crippen molar-refractivity contribution in [3.05, 3.63) is 51.0 Å². The van der Waals surface area contributed by atoms with Gasteiger partial charge in [0.15, 0.2) is 18.1 Å². The molecule has 1 N–H and O–H groups in total. The number of ether oxygens (including phenoxy) is 3. The first-order valence-corrected chi connectivity index (χ1v) is 10.8. The van der Waals surface area contributed by atoms with Gasteiger partial charge < -0.3 is 19.5 Å². The molecule has 0 aromatic heterocycles. The Kier molecular flexibility index (Phi) is 8.19. The Balaban J connectivity index is 2.18. The minimum atomic E-state index is -3.87. The van der Waals surface area contributed by atoms with Crippen molar-refractivity contribution in [2.45, 2.75) is 4.90 Å². The van der Waals surface area contributed by atoms with Gasteiger partial charge in [-0.2, -0.15) is 0 Å². The number of methoxy groups -OCH3 is 2. The summed E-state index contributed by atoms with van der Waals surface area (Å²) in [4.78, 5) is 34.9. The van der Waals surface area contributed by atoms with E-state index < -0.39 is 44.7 Å². The fraction of sp³-hybridized carbons (Fsp3) is 0.263. The van der Waals surface area contributed by atoms with Gasteiger partial charge in [-0.3, -0.25) is 14.9 Å². The predicted molar refractivity (Wildman–Crippen MR) is 117 cm³/mol. The first kappa shape index (κ1) is 25.8. The maximum absolute atomic E-state index is 12.4. The van der Waals surface area contributed by atoms with Crippen molar-refractivity contribution in [3.8, 4) is 11.5 Å². The van der Waals surface area contributed by atoms with E-state index in [1.54, 1.807) is 0 Å². The molecule has 1 amide bonds. The van der Waals surface area contributed by atoms with Crippen LogP contribution in [0.25, 0.3) is 0 Å². The summed E-state index contributed by atoms with van der Waals surface area (Å²) in [5.41, 5.74) is -0.969. The molecule has 0 aliphatic heterocycles. The predicted octanol–water partition coefficient (Wildman–Crippen LogP) is 2.31. The quantitative estimate of drug-likeness (QED) is 0.309. The normalized spacial score (nSPS) is 11.1. The van der Waals surface area contributed by atoms with Crippen LogP contribution in [-0.2, 0) is 19.6 Å². The van der Waals surface area contributed by atoms with Crippen LogP contribution in [0.2, 0.25) is 5.02 Å². The van der Waals surface area contributed by atoms with Crippen LogP contribution in [0.5, 0.6) is 11.5 Å². The molecular weight excluding hydrogens is 482 g/mol. The van der Waals surface area contributed by atoms with Gasteiger partial charge >= 0.3 is 5.97 Å². The lowest BCUT2D eigenvalue weighted by atomic mass is 10.1. The summed E-state index contributed by atoms with van der Waals surface area (Å²) < 4.78 is 40.5. The standard InChI is InChI=1S/C19H20ClN3O9S/c1-22(2)33(28,29)17-7-11(5-6-13(17)20)21-18(24)10-32-19(25)12-8-15(30-3)16(31-4)9-14(12)23(26)27/h5-9H,10H2,1-4H3,(H,21,24). The molecule has 0 bridgehead atoms. The molecule has 2 aromatic rings. The molecule has 2 rings (SSSR count). The van der Waals surface area contributed by atoms with Crippen molar-refractivity contribution >= 4 is 44.9 Å². The van der Waals surface area contributed by atoms with Crippen LogP contribution in [0.4, 0.5) is 11.4 Å². The number of benzene rings is 2. The monoisotopic (exact) mass is 501 g/mol. The van der Waals surface area contributed by atoms with Crippen LogP contribution in [-0.4, -0.2) is 64.4 Å². The molecule has 0 saturated carbocycles. The summed E-state index contributed by atoms with van der Waals surface area (Å²) in [6.45, 7) is -0.803. The van der Waals surface area contributed by atoms with E-state index in [0.717, 1.165) is 22.5 Å². The molecule has 2 aromatic carbocycles. The van der Waals surface area contributed by atoms with E-state index in [0.29, 0.717) is 0 Å². The Bertz CT molecular complexity index is 1200. The van der Waals surface area contributed by atoms with Crippen LogP contribution < -0.4 is 14.8 Å². The molecule has 14 heteroatoms. The summed E-state index contributed by atoms with van der Waals surface area (Å²) in [5, 5.41) is 13.6. The van der Waals surface area contributed by atoms with Gasteiger partial charge in [-0.05, 0) is 18.2 Å². The Morgan fingerprint density at radius 3 is 2.27 bits per heavy atom. The van der Waals surface area contributed by atoms with Gasteiger partial charge in [0.1, 0.15) is 10.5 Å². The largest absolute Gasteiger partial charge is 0.493 e. The highest BCUT2D eigenvalue weighted by Gasteiger charge is 2.26. The third kappa shape index (κ3) is 5.88. The van der Waals surface area contributed by atoms with E-state index in [9.17, 15) is 28.1 Å². The first-order valence-electron chi connectivity index (χ1n) is 9.01. The summed E-state index contributed by atoms with van der Waals surface area (Å²) in [5.74, 6) is -1.88. The second kappa shape index (κ2) is 10.5. The van der Waals surface area contributed by atoms with Gasteiger partial charge in [-0.1, -0.05) is 11.6 Å². The summed E-state index contributed by atoms with van der Waals surface area (Å²) in [6, 6.07) is 5.85. The van der Waals surface area contributed by atoms with E-state index in [4.69, 9.17) is 25.8 Å². The van der Waals surface area contributed by atoms with Crippen LogP contribution in [0.3, 0.4) is 0 Å². The number of anilines is 1. The number of nitrogens with zero attached hydrogens (tertiary/aromatic N) is 2. The van der Waals surface area contributed by atoms with E-state index in [1.807, 2.05) is 0 Å². The highest BCUT2D eigenvalue weighted by molar-refractivity contribution is 7.89. The van der Waals surface area contributed by atoms with Gasteiger partial charge in [-0.25, -0.2) is 17.5 Å². The van der Waals surface area contributed by atoms with Gasteiger partial charge in [0.2, 0.25) is 10.0 Å². The van der Waals surface area contributed by atoms with Crippen molar-refractivity contribution in [1.29, 1.82) is 0 Å². The molecule has 0 aliphatic carbocycles. The smallest absolute Gasteiger partial charge is 0.345 e. The number of sulfonamides is 1. The topological polar surface area (TPSA) is 154 Å². The van der Waals surface area contributed by atoms with Gasteiger partial charge in [0.05, 0.1) is 30.2 Å². The van der Waals surface area contributed by atoms with E-state index in [-0.39, 0.29) is 27.1 Å².